The van der Waals surface area contributed by atoms with Crippen LogP contribution in [-0.2, 0) is 0 Å². The highest BCUT2D eigenvalue weighted by Gasteiger charge is 1.92. The lowest BCUT2D eigenvalue weighted by Crippen LogP contribution is -1.80. The first-order valence-electron chi connectivity index (χ1n) is 15.3. The van der Waals surface area contributed by atoms with Gasteiger partial charge in [0.2, 0.25) is 0 Å². The zero-order chi connectivity index (χ0) is 30.2. The molecule has 0 aliphatic carbocycles. The fourth-order valence-electron chi connectivity index (χ4n) is 3.89. The van der Waals surface area contributed by atoms with E-state index in [1.54, 1.807) is 0 Å². The molecule has 0 aliphatic heterocycles. The van der Waals surface area contributed by atoms with Gasteiger partial charge in [-0.05, 0) is 121 Å². The molecule has 0 spiro atoms. The topological polar surface area (TPSA) is 0 Å². The Bertz CT molecular complexity index is 967. The van der Waals surface area contributed by atoms with Crippen LogP contribution in [0.4, 0.5) is 0 Å². The fourth-order valence-corrected chi connectivity index (χ4v) is 3.89. The van der Waals surface area contributed by atoms with Crippen LogP contribution in [0, 0.1) is 0 Å². The van der Waals surface area contributed by atoms with E-state index in [1.165, 1.54) is 57.4 Å². The number of hydrogen-bond acceptors (Lipinski definition) is 0. The average molecular weight is 541 g/mol. The Balaban J connectivity index is 4.51. The maximum atomic E-state index is 2.40. The van der Waals surface area contributed by atoms with Crippen LogP contribution in [0.5, 0.6) is 0 Å². The average Bonchev–Trinajstić information content (AvgIpc) is 2.86. The molecular formula is C40H60. The standard InChI is InChI=1S/C40H60/c1-33(2)19-13-23-37(7)27-17-31-39(9)29-15-25-35(5)21-11-12-22-36(6)26-16-30-40(10)32-18-28-38(8)24-14-20-34(3)4/h11-12,15-16,19-22,25-30H,13-14,17-18,23-24,31-32H2,1-10H3/b12-11?,25-15+,26-16?,35-21+,36-22?,37-27?,38-28?,39-29?,40-30?. The molecule has 0 bridgehead atoms. The molecule has 0 radical (unpaired) electrons. The molecule has 0 nitrogen and oxygen atoms in total. The van der Waals surface area contributed by atoms with E-state index < -0.39 is 0 Å². The van der Waals surface area contributed by atoms with E-state index in [2.05, 4.69) is 154 Å². The Morgan fingerprint density at radius 2 is 0.675 bits per heavy atom. The van der Waals surface area contributed by atoms with Crippen LogP contribution >= 0.6 is 0 Å². The van der Waals surface area contributed by atoms with E-state index in [0.29, 0.717) is 0 Å². The molecule has 0 aliphatic rings. The van der Waals surface area contributed by atoms with Crippen molar-refractivity contribution in [1.29, 1.82) is 0 Å². The zero-order valence-corrected chi connectivity index (χ0v) is 27.7. The van der Waals surface area contributed by atoms with Crippen LogP contribution in [-0.4, -0.2) is 0 Å². The Kier molecular flexibility index (Phi) is 22.3. The quantitative estimate of drug-likeness (QED) is 0.120. The molecule has 0 fully saturated rings. The van der Waals surface area contributed by atoms with Crippen molar-refractivity contribution in [2.45, 2.75) is 121 Å². The molecule has 0 atom stereocenters. The van der Waals surface area contributed by atoms with Crippen LogP contribution in [0.15, 0.2) is 130 Å². The van der Waals surface area contributed by atoms with Gasteiger partial charge in [-0.3, -0.25) is 0 Å². The van der Waals surface area contributed by atoms with E-state index in [4.69, 9.17) is 0 Å². The van der Waals surface area contributed by atoms with Crippen LogP contribution in [0.3, 0.4) is 0 Å². The van der Waals surface area contributed by atoms with E-state index in [-0.39, 0.29) is 0 Å². The van der Waals surface area contributed by atoms with Gasteiger partial charge in [0.15, 0.2) is 0 Å². The Morgan fingerprint density at radius 3 is 1.02 bits per heavy atom. The van der Waals surface area contributed by atoms with Gasteiger partial charge in [0, 0.05) is 0 Å². The van der Waals surface area contributed by atoms with Crippen LogP contribution in [0.2, 0.25) is 0 Å². The van der Waals surface area contributed by atoms with Crippen LogP contribution < -0.4 is 0 Å². The number of allylic oxidation sites excluding steroid dienone is 22. The van der Waals surface area contributed by atoms with Gasteiger partial charge in [-0.15, -0.1) is 0 Å². The summed E-state index contributed by atoms with van der Waals surface area (Å²) < 4.78 is 0. The van der Waals surface area contributed by atoms with Crippen molar-refractivity contribution in [2.24, 2.45) is 0 Å². The SMILES string of the molecule is CC(C)=CCCC(C)=CCCC(C)=CC=CC(C)=CC=C/C=C(C)/C=C/C=C(C)CCC=C(C)CCC=C(C)C. The Morgan fingerprint density at radius 1 is 0.350 bits per heavy atom. The van der Waals surface area contributed by atoms with Gasteiger partial charge in [-0.1, -0.05) is 130 Å². The molecule has 40 heavy (non-hydrogen) atoms. The second-order valence-corrected chi connectivity index (χ2v) is 11.8. The molecule has 0 amide bonds. The minimum absolute atomic E-state index is 1.12. The van der Waals surface area contributed by atoms with Crippen molar-refractivity contribution in [1.82, 2.24) is 0 Å². The summed E-state index contributed by atoms with van der Waals surface area (Å²) in [5.41, 5.74) is 11.1. The third kappa shape index (κ3) is 25.4. The minimum Gasteiger partial charge on any atom is -0.0856 e. The number of hydrogen-bond donors (Lipinski definition) is 0. The molecule has 0 aromatic rings. The Hall–Kier alpha value is -2.86. The fraction of sp³-hybridized carbons (Fsp3) is 0.450. The van der Waals surface area contributed by atoms with Gasteiger partial charge in [0.05, 0.1) is 0 Å². The minimum atomic E-state index is 1.12. The summed E-state index contributed by atoms with van der Waals surface area (Å²) in [4.78, 5) is 0. The molecule has 0 heterocycles. The van der Waals surface area contributed by atoms with Crippen molar-refractivity contribution in [2.75, 3.05) is 0 Å². The van der Waals surface area contributed by atoms with E-state index in [9.17, 15) is 0 Å². The van der Waals surface area contributed by atoms with E-state index >= 15 is 0 Å². The molecule has 0 saturated carbocycles. The maximum absolute atomic E-state index is 2.40. The van der Waals surface area contributed by atoms with Gasteiger partial charge < -0.3 is 0 Å². The maximum Gasteiger partial charge on any atom is -0.0285 e. The van der Waals surface area contributed by atoms with Crippen molar-refractivity contribution in [3.8, 4) is 0 Å². The highest BCUT2D eigenvalue weighted by molar-refractivity contribution is 5.30. The molecule has 0 aromatic carbocycles. The summed E-state index contributed by atoms with van der Waals surface area (Å²) in [5.74, 6) is 0. The second-order valence-electron chi connectivity index (χ2n) is 11.8. The first-order chi connectivity index (χ1) is 19.0. The third-order valence-corrected chi connectivity index (χ3v) is 6.55. The van der Waals surface area contributed by atoms with Gasteiger partial charge in [0.1, 0.15) is 0 Å². The summed E-state index contributed by atoms with van der Waals surface area (Å²) in [6, 6.07) is 0. The highest BCUT2D eigenvalue weighted by atomic mass is 14.0. The summed E-state index contributed by atoms with van der Waals surface area (Å²) in [6.07, 6.45) is 40.3. The number of rotatable bonds is 18. The van der Waals surface area contributed by atoms with Crippen molar-refractivity contribution in [3.63, 3.8) is 0 Å². The smallest absolute Gasteiger partial charge is 0.0285 e. The second kappa shape index (κ2) is 24.0. The molecule has 0 N–H and O–H groups in total. The van der Waals surface area contributed by atoms with Crippen molar-refractivity contribution in [3.05, 3.63) is 130 Å². The molecule has 0 saturated heterocycles. The molecule has 220 valence electrons. The van der Waals surface area contributed by atoms with Gasteiger partial charge in [-0.2, -0.15) is 0 Å². The lowest BCUT2D eigenvalue weighted by Gasteiger charge is -2.00. The summed E-state index contributed by atoms with van der Waals surface area (Å²) in [6.45, 7) is 21.9. The largest absolute Gasteiger partial charge is 0.0856 e. The first kappa shape index (κ1) is 37.1. The van der Waals surface area contributed by atoms with Crippen LogP contribution in [0.1, 0.15) is 121 Å². The molecule has 0 heteroatoms. The van der Waals surface area contributed by atoms with E-state index in [0.717, 1.165) is 38.5 Å². The van der Waals surface area contributed by atoms with Gasteiger partial charge >= 0.3 is 0 Å². The normalized spacial score (nSPS) is 14.7. The first-order valence-corrected chi connectivity index (χ1v) is 15.3. The van der Waals surface area contributed by atoms with Crippen molar-refractivity contribution < 1.29 is 0 Å². The highest BCUT2D eigenvalue weighted by Crippen LogP contribution is 2.13. The van der Waals surface area contributed by atoms with Gasteiger partial charge in [-0.25, -0.2) is 0 Å². The third-order valence-electron chi connectivity index (χ3n) is 6.55. The summed E-state index contributed by atoms with van der Waals surface area (Å²) >= 11 is 0. The predicted molar refractivity (Wildman–Crippen MR) is 186 cm³/mol. The lowest BCUT2D eigenvalue weighted by molar-refractivity contribution is 0.918. The van der Waals surface area contributed by atoms with Crippen LogP contribution in [0.25, 0.3) is 0 Å². The molecule has 0 rings (SSSR count). The molecule has 0 aromatic heterocycles. The summed E-state index contributed by atoms with van der Waals surface area (Å²) in [5, 5.41) is 0. The van der Waals surface area contributed by atoms with E-state index in [1.807, 2.05) is 0 Å². The Labute approximate surface area is 249 Å². The predicted octanol–water partition coefficient (Wildman–Crippen LogP) is 13.4. The molecule has 0 unspecified atom stereocenters. The lowest BCUT2D eigenvalue weighted by atomic mass is 10.1. The molecular weight excluding hydrogens is 480 g/mol. The van der Waals surface area contributed by atoms with Gasteiger partial charge in [0.25, 0.3) is 0 Å². The zero-order valence-electron chi connectivity index (χ0n) is 27.7. The van der Waals surface area contributed by atoms with Crippen molar-refractivity contribution >= 4 is 0 Å². The summed E-state index contributed by atoms with van der Waals surface area (Å²) in [7, 11) is 0. The monoisotopic (exact) mass is 540 g/mol.